The summed E-state index contributed by atoms with van der Waals surface area (Å²) in [6.07, 6.45) is 0. The van der Waals surface area contributed by atoms with Crippen LogP contribution in [0.3, 0.4) is 0 Å². The summed E-state index contributed by atoms with van der Waals surface area (Å²) in [6.45, 7) is 0.0595. The van der Waals surface area contributed by atoms with Crippen LogP contribution in [0.25, 0.3) is 0 Å². The minimum absolute atomic E-state index is 0.121. The number of hydrogen-bond donors (Lipinski definition) is 2. The summed E-state index contributed by atoms with van der Waals surface area (Å²) in [5, 5.41) is 5.14. The van der Waals surface area contributed by atoms with Crippen LogP contribution in [0.4, 0.5) is 4.39 Å². The zero-order valence-corrected chi connectivity index (χ0v) is 16.1. The van der Waals surface area contributed by atoms with Crippen molar-refractivity contribution in [2.75, 3.05) is 26.8 Å². The molecule has 1 aromatic heterocycles. The first-order chi connectivity index (χ1) is 12.9. The molecule has 2 N–H and O–H groups in total. The van der Waals surface area contributed by atoms with Gasteiger partial charge in [-0.1, -0.05) is 18.2 Å². The van der Waals surface area contributed by atoms with Crippen molar-refractivity contribution >= 4 is 33.0 Å². The van der Waals surface area contributed by atoms with E-state index in [0.717, 1.165) is 23.5 Å². The van der Waals surface area contributed by atoms with Gasteiger partial charge in [0.05, 0.1) is 6.61 Å². The standard InChI is InChI=1S/C17H19FN2O5S2/c1-25-9-8-19-16(21)17(22)20-11-14(12-4-6-13(18)7-5-12)27(23,24)15-3-2-10-26-15/h2-7,10,14H,8-9,11H2,1H3,(H,19,21)(H,20,22)/t14-/m1/s1. The van der Waals surface area contributed by atoms with Crippen molar-refractivity contribution in [3.63, 3.8) is 0 Å². The van der Waals surface area contributed by atoms with Gasteiger partial charge in [0, 0.05) is 20.2 Å². The first kappa shape index (κ1) is 21.0. The maximum atomic E-state index is 13.2. The van der Waals surface area contributed by atoms with Crippen LogP contribution in [0, 0.1) is 5.82 Å². The van der Waals surface area contributed by atoms with E-state index in [1.807, 2.05) is 0 Å². The molecule has 0 aliphatic carbocycles. The van der Waals surface area contributed by atoms with Crippen molar-refractivity contribution in [2.24, 2.45) is 0 Å². The predicted octanol–water partition coefficient (Wildman–Crippen LogP) is 1.28. The van der Waals surface area contributed by atoms with E-state index in [9.17, 15) is 22.4 Å². The molecule has 0 fully saturated rings. The zero-order chi connectivity index (χ0) is 19.9. The number of benzene rings is 1. The van der Waals surface area contributed by atoms with Gasteiger partial charge in [0.15, 0.2) is 9.84 Å². The predicted molar refractivity (Wildman–Crippen MR) is 98.5 cm³/mol. The number of hydrogen-bond acceptors (Lipinski definition) is 6. The molecule has 0 bridgehead atoms. The summed E-state index contributed by atoms with van der Waals surface area (Å²) < 4.78 is 43.9. The van der Waals surface area contributed by atoms with Crippen LogP contribution < -0.4 is 10.6 Å². The Hall–Kier alpha value is -2.30. The smallest absolute Gasteiger partial charge is 0.309 e. The minimum Gasteiger partial charge on any atom is -0.383 e. The van der Waals surface area contributed by atoms with Gasteiger partial charge >= 0.3 is 11.8 Å². The molecule has 0 radical (unpaired) electrons. The highest BCUT2D eigenvalue weighted by molar-refractivity contribution is 7.93. The monoisotopic (exact) mass is 414 g/mol. The zero-order valence-electron chi connectivity index (χ0n) is 14.5. The Labute approximate surface area is 160 Å². The first-order valence-corrected chi connectivity index (χ1v) is 10.4. The number of sulfone groups is 1. The van der Waals surface area contributed by atoms with E-state index >= 15 is 0 Å². The van der Waals surface area contributed by atoms with E-state index in [2.05, 4.69) is 10.6 Å². The van der Waals surface area contributed by atoms with E-state index in [1.165, 1.54) is 25.3 Å². The number of rotatable bonds is 8. The van der Waals surface area contributed by atoms with E-state index in [1.54, 1.807) is 11.4 Å². The third kappa shape index (κ3) is 5.59. The normalized spacial score (nSPS) is 12.4. The number of carbonyl (C=O) groups excluding carboxylic acids is 2. The van der Waals surface area contributed by atoms with E-state index in [4.69, 9.17) is 4.74 Å². The molecule has 0 unspecified atom stereocenters. The molecule has 0 aliphatic rings. The topological polar surface area (TPSA) is 102 Å². The van der Waals surface area contributed by atoms with Gasteiger partial charge in [-0.3, -0.25) is 9.59 Å². The summed E-state index contributed by atoms with van der Waals surface area (Å²) >= 11 is 1.04. The molecular weight excluding hydrogens is 395 g/mol. The molecule has 0 saturated carbocycles. The summed E-state index contributed by atoms with van der Waals surface area (Å²) in [5.41, 5.74) is 0.310. The molecule has 2 aromatic rings. The van der Waals surface area contributed by atoms with Crippen LogP contribution in [-0.4, -0.2) is 47.0 Å². The number of nitrogens with one attached hydrogen (secondary N) is 2. The van der Waals surface area contributed by atoms with Crippen molar-refractivity contribution < 1.29 is 27.1 Å². The third-order valence-electron chi connectivity index (χ3n) is 3.64. The largest absolute Gasteiger partial charge is 0.383 e. The summed E-state index contributed by atoms with van der Waals surface area (Å²) in [5.74, 6) is -2.36. The van der Waals surface area contributed by atoms with Crippen LogP contribution >= 0.6 is 11.3 Å². The lowest BCUT2D eigenvalue weighted by Gasteiger charge is -2.18. The second-order valence-electron chi connectivity index (χ2n) is 5.48. The van der Waals surface area contributed by atoms with Crippen LogP contribution in [-0.2, 0) is 24.2 Å². The average Bonchev–Trinajstić information content (AvgIpc) is 3.18. The van der Waals surface area contributed by atoms with E-state index in [-0.39, 0.29) is 23.9 Å². The summed E-state index contributed by atoms with van der Waals surface area (Å²) in [4.78, 5) is 23.6. The molecule has 2 amide bonds. The molecular formula is C17H19FN2O5S2. The highest BCUT2D eigenvalue weighted by Gasteiger charge is 2.31. The fourth-order valence-electron chi connectivity index (χ4n) is 2.26. The summed E-state index contributed by atoms with van der Waals surface area (Å²) in [7, 11) is -2.38. The molecule has 2 rings (SSSR count). The molecule has 1 aromatic carbocycles. The SMILES string of the molecule is COCCNC(=O)C(=O)NC[C@H](c1ccc(F)cc1)S(=O)(=O)c1cccs1. The quantitative estimate of drug-likeness (QED) is 0.501. The fourth-order valence-corrected chi connectivity index (χ4v) is 5.13. The average molecular weight is 414 g/mol. The number of thiophene rings is 1. The van der Waals surface area contributed by atoms with Gasteiger partial charge < -0.3 is 15.4 Å². The van der Waals surface area contributed by atoms with Gasteiger partial charge in [-0.05, 0) is 29.1 Å². The Balaban J connectivity index is 2.17. The Bertz CT molecular complexity index is 867. The molecule has 7 nitrogen and oxygen atoms in total. The van der Waals surface area contributed by atoms with Gasteiger partial charge in [0.25, 0.3) is 0 Å². The molecule has 10 heteroatoms. The van der Waals surface area contributed by atoms with Crippen molar-refractivity contribution in [3.05, 3.63) is 53.2 Å². The van der Waals surface area contributed by atoms with Crippen LogP contribution in [0.15, 0.2) is 46.0 Å². The van der Waals surface area contributed by atoms with Gasteiger partial charge in [-0.25, -0.2) is 12.8 Å². The highest BCUT2D eigenvalue weighted by Crippen LogP contribution is 2.31. The van der Waals surface area contributed by atoms with Gasteiger partial charge in [0.1, 0.15) is 15.3 Å². The number of amides is 2. The molecule has 1 atom stereocenters. The Morgan fingerprint density at radius 1 is 1.15 bits per heavy atom. The molecule has 146 valence electrons. The molecule has 0 spiro atoms. The van der Waals surface area contributed by atoms with Crippen molar-refractivity contribution in [2.45, 2.75) is 9.46 Å². The number of halogens is 1. The van der Waals surface area contributed by atoms with E-state index < -0.39 is 32.7 Å². The summed E-state index contributed by atoms with van der Waals surface area (Å²) in [6, 6.07) is 8.03. The maximum absolute atomic E-state index is 13.2. The third-order valence-corrected chi connectivity index (χ3v) is 7.17. The van der Waals surface area contributed by atoms with Gasteiger partial charge in [-0.15, -0.1) is 11.3 Å². The Morgan fingerprint density at radius 2 is 1.81 bits per heavy atom. The Morgan fingerprint density at radius 3 is 2.41 bits per heavy atom. The molecule has 27 heavy (non-hydrogen) atoms. The lowest BCUT2D eigenvalue weighted by atomic mass is 10.1. The number of methoxy groups -OCH3 is 1. The van der Waals surface area contributed by atoms with Gasteiger partial charge in [-0.2, -0.15) is 0 Å². The second-order valence-corrected chi connectivity index (χ2v) is 8.78. The molecule has 0 aliphatic heterocycles. The van der Waals surface area contributed by atoms with Crippen LogP contribution in [0.2, 0.25) is 0 Å². The molecule has 0 saturated heterocycles. The van der Waals surface area contributed by atoms with Gasteiger partial charge in [0.2, 0.25) is 0 Å². The number of carbonyl (C=O) groups is 2. The van der Waals surface area contributed by atoms with Crippen molar-refractivity contribution in [3.8, 4) is 0 Å². The van der Waals surface area contributed by atoms with Crippen LogP contribution in [0.5, 0.6) is 0 Å². The highest BCUT2D eigenvalue weighted by atomic mass is 32.2. The van der Waals surface area contributed by atoms with Crippen molar-refractivity contribution in [1.29, 1.82) is 0 Å². The van der Waals surface area contributed by atoms with Crippen LogP contribution in [0.1, 0.15) is 10.8 Å². The molecule has 1 heterocycles. The lowest BCUT2D eigenvalue weighted by Crippen LogP contribution is -2.43. The lowest BCUT2D eigenvalue weighted by molar-refractivity contribution is -0.139. The number of ether oxygens (including phenoxy) is 1. The fraction of sp³-hybridized carbons (Fsp3) is 0.294. The minimum atomic E-state index is -3.84. The second kappa shape index (κ2) is 9.58. The maximum Gasteiger partial charge on any atom is 0.309 e. The van der Waals surface area contributed by atoms with Crippen molar-refractivity contribution in [1.82, 2.24) is 10.6 Å². The van der Waals surface area contributed by atoms with E-state index in [0.29, 0.717) is 5.56 Å². The first-order valence-electron chi connectivity index (χ1n) is 7.94. The Kier molecular flexibility index (Phi) is 7.45.